The zero-order valence-corrected chi connectivity index (χ0v) is 16.2. The normalized spacial score (nSPS) is 16.2. The van der Waals surface area contributed by atoms with Crippen molar-refractivity contribution in [2.75, 3.05) is 0 Å². The highest BCUT2D eigenvalue weighted by Crippen LogP contribution is 2.31. The molecule has 0 bridgehead atoms. The molecule has 1 unspecified atom stereocenters. The fourth-order valence-electron chi connectivity index (χ4n) is 4.33. The number of carbonyl (C=O) groups excluding carboxylic acids is 1. The van der Waals surface area contributed by atoms with E-state index in [1.54, 1.807) is 18.3 Å². The lowest BCUT2D eigenvalue weighted by Crippen LogP contribution is -2.37. The summed E-state index contributed by atoms with van der Waals surface area (Å²) in [6.07, 6.45) is 7.61. The van der Waals surface area contributed by atoms with Gasteiger partial charge in [0.15, 0.2) is 0 Å². The molecule has 0 aliphatic heterocycles. The van der Waals surface area contributed by atoms with Crippen molar-refractivity contribution in [3.63, 3.8) is 0 Å². The molecule has 28 heavy (non-hydrogen) atoms. The van der Waals surface area contributed by atoms with Crippen molar-refractivity contribution in [1.82, 2.24) is 14.7 Å². The van der Waals surface area contributed by atoms with E-state index in [-0.39, 0.29) is 30.1 Å². The zero-order chi connectivity index (χ0) is 19.5. The molecule has 1 fully saturated rings. The van der Waals surface area contributed by atoms with Crippen LogP contribution in [0.15, 0.2) is 48.7 Å². The second-order valence-electron chi connectivity index (χ2n) is 7.72. The number of rotatable bonds is 5. The second-order valence-corrected chi connectivity index (χ2v) is 7.72. The summed E-state index contributed by atoms with van der Waals surface area (Å²) >= 11 is 0. The lowest BCUT2D eigenvalue weighted by Gasteiger charge is -2.24. The summed E-state index contributed by atoms with van der Waals surface area (Å²) in [5.41, 5.74) is 3.20. The first-order chi connectivity index (χ1) is 13.6. The number of halogens is 1. The molecule has 1 N–H and O–H groups in total. The number of aryl methyl sites for hydroxylation is 1. The van der Waals surface area contributed by atoms with Crippen LogP contribution in [0.25, 0.3) is 5.65 Å². The number of hydrogen-bond donors (Lipinski definition) is 1. The molecule has 4 nitrogen and oxygen atoms in total. The van der Waals surface area contributed by atoms with Crippen molar-refractivity contribution in [2.24, 2.45) is 0 Å². The summed E-state index contributed by atoms with van der Waals surface area (Å²) in [6.45, 7) is 2.00. The fourth-order valence-corrected chi connectivity index (χ4v) is 4.33. The van der Waals surface area contributed by atoms with Crippen LogP contribution in [0.3, 0.4) is 0 Å². The van der Waals surface area contributed by atoms with Crippen LogP contribution in [0.1, 0.15) is 61.4 Å². The Morgan fingerprint density at radius 2 is 1.96 bits per heavy atom. The van der Waals surface area contributed by atoms with Crippen LogP contribution in [-0.4, -0.2) is 21.3 Å². The van der Waals surface area contributed by atoms with Gasteiger partial charge in [-0.15, -0.1) is 0 Å². The van der Waals surface area contributed by atoms with Crippen LogP contribution in [0.5, 0.6) is 0 Å². The van der Waals surface area contributed by atoms with Crippen molar-refractivity contribution in [1.29, 1.82) is 0 Å². The molecule has 1 atom stereocenters. The Kier molecular flexibility index (Phi) is 5.42. The molecule has 5 heteroatoms. The van der Waals surface area contributed by atoms with E-state index < -0.39 is 0 Å². The van der Waals surface area contributed by atoms with Crippen molar-refractivity contribution < 1.29 is 9.18 Å². The standard InChI is InChI=1S/C23H26FN3O/c1-16-8-7-13-22-25-15-21(27(16)22)19(18-11-5-6-12-20(18)24)14-23(28)26-17-9-3-2-4-10-17/h5-8,11-13,15,17,19H,2-4,9-10,14H2,1H3,(H,26,28). The Balaban J connectivity index is 1.68. The predicted molar refractivity (Wildman–Crippen MR) is 108 cm³/mol. The van der Waals surface area contributed by atoms with E-state index in [9.17, 15) is 9.18 Å². The lowest BCUT2D eigenvalue weighted by molar-refractivity contribution is -0.122. The number of imidazole rings is 1. The van der Waals surface area contributed by atoms with Crippen LogP contribution in [0.4, 0.5) is 4.39 Å². The molecule has 1 aliphatic carbocycles. The number of pyridine rings is 1. The first-order valence-corrected chi connectivity index (χ1v) is 10.1. The summed E-state index contributed by atoms with van der Waals surface area (Å²) in [6, 6.07) is 12.8. The third-order valence-electron chi connectivity index (χ3n) is 5.75. The van der Waals surface area contributed by atoms with Crippen LogP contribution in [-0.2, 0) is 4.79 Å². The minimum absolute atomic E-state index is 0.0244. The summed E-state index contributed by atoms with van der Waals surface area (Å²) in [4.78, 5) is 17.3. The van der Waals surface area contributed by atoms with E-state index in [1.165, 1.54) is 12.5 Å². The second kappa shape index (κ2) is 8.13. The lowest BCUT2D eigenvalue weighted by atomic mass is 9.90. The molecule has 3 aromatic rings. The van der Waals surface area contributed by atoms with Gasteiger partial charge in [-0.2, -0.15) is 0 Å². The van der Waals surface area contributed by atoms with Gasteiger partial charge in [-0.25, -0.2) is 9.37 Å². The zero-order valence-electron chi connectivity index (χ0n) is 16.2. The van der Waals surface area contributed by atoms with Gasteiger partial charge in [-0.05, 0) is 43.5 Å². The number of hydrogen-bond acceptors (Lipinski definition) is 2. The maximum atomic E-state index is 14.7. The van der Waals surface area contributed by atoms with Crippen LogP contribution in [0.2, 0.25) is 0 Å². The first kappa shape index (κ1) is 18.7. The van der Waals surface area contributed by atoms with Gasteiger partial charge >= 0.3 is 0 Å². The minimum Gasteiger partial charge on any atom is -0.353 e. The van der Waals surface area contributed by atoms with Gasteiger partial charge in [-0.1, -0.05) is 43.5 Å². The minimum atomic E-state index is -0.388. The Morgan fingerprint density at radius 1 is 1.18 bits per heavy atom. The molecule has 0 spiro atoms. The maximum absolute atomic E-state index is 14.7. The Hall–Kier alpha value is -2.69. The van der Waals surface area contributed by atoms with E-state index in [0.717, 1.165) is 42.7 Å². The summed E-state index contributed by atoms with van der Waals surface area (Å²) in [7, 11) is 0. The van der Waals surface area contributed by atoms with Gasteiger partial charge < -0.3 is 9.72 Å². The Bertz CT molecular complexity index is 975. The fraction of sp³-hybridized carbons (Fsp3) is 0.391. The average Bonchev–Trinajstić information content (AvgIpc) is 3.13. The van der Waals surface area contributed by atoms with E-state index in [0.29, 0.717) is 5.56 Å². The van der Waals surface area contributed by atoms with E-state index >= 15 is 0 Å². The predicted octanol–water partition coefficient (Wildman–Crippen LogP) is 4.75. The summed E-state index contributed by atoms with van der Waals surface area (Å²) in [5, 5.41) is 3.17. The number of amides is 1. The third kappa shape index (κ3) is 3.79. The molecule has 0 saturated heterocycles. The monoisotopic (exact) mass is 379 g/mol. The number of carbonyl (C=O) groups is 1. The van der Waals surface area contributed by atoms with E-state index in [2.05, 4.69) is 10.3 Å². The smallest absolute Gasteiger partial charge is 0.221 e. The summed E-state index contributed by atoms with van der Waals surface area (Å²) in [5.74, 6) is -0.703. The highest BCUT2D eigenvalue weighted by Gasteiger charge is 2.26. The molecule has 146 valence electrons. The topological polar surface area (TPSA) is 46.4 Å². The van der Waals surface area contributed by atoms with Gasteiger partial charge in [0.25, 0.3) is 0 Å². The molecular weight excluding hydrogens is 353 g/mol. The third-order valence-corrected chi connectivity index (χ3v) is 5.75. The molecule has 1 amide bonds. The maximum Gasteiger partial charge on any atom is 0.221 e. The van der Waals surface area contributed by atoms with Crippen molar-refractivity contribution in [3.05, 3.63) is 71.4 Å². The number of aromatic nitrogens is 2. The number of benzene rings is 1. The van der Waals surface area contributed by atoms with Crippen LogP contribution in [0, 0.1) is 12.7 Å². The van der Waals surface area contributed by atoms with Crippen LogP contribution >= 0.6 is 0 Å². The number of nitrogens with zero attached hydrogens (tertiary/aromatic N) is 2. The molecular formula is C23H26FN3O. The van der Waals surface area contributed by atoms with Crippen molar-refractivity contribution >= 4 is 11.6 Å². The molecule has 2 heterocycles. The average molecular weight is 379 g/mol. The number of fused-ring (bicyclic) bond motifs is 1. The van der Waals surface area contributed by atoms with Crippen molar-refractivity contribution in [3.8, 4) is 0 Å². The van der Waals surface area contributed by atoms with Crippen LogP contribution < -0.4 is 5.32 Å². The quantitative estimate of drug-likeness (QED) is 0.695. The summed E-state index contributed by atoms with van der Waals surface area (Å²) < 4.78 is 16.7. The Morgan fingerprint density at radius 3 is 2.75 bits per heavy atom. The molecule has 1 saturated carbocycles. The Labute approximate surface area is 164 Å². The molecule has 1 aromatic carbocycles. The largest absolute Gasteiger partial charge is 0.353 e. The highest BCUT2D eigenvalue weighted by molar-refractivity contribution is 5.78. The van der Waals surface area contributed by atoms with E-state index in [1.807, 2.05) is 35.6 Å². The van der Waals surface area contributed by atoms with E-state index in [4.69, 9.17) is 0 Å². The van der Waals surface area contributed by atoms with Gasteiger partial charge in [0.05, 0.1) is 5.69 Å². The molecule has 4 rings (SSSR count). The SMILES string of the molecule is Cc1cccc2ncc(C(CC(=O)NC3CCCCC3)c3ccccc3F)n12. The first-order valence-electron chi connectivity index (χ1n) is 10.1. The van der Waals surface area contributed by atoms with Gasteiger partial charge in [-0.3, -0.25) is 4.79 Å². The molecule has 0 radical (unpaired) electrons. The van der Waals surface area contributed by atoms with Gasteiger partial charge in [0, 0.05) is 30.3 Å². The number of nitrogens with one attached hydrogen (secondary N) is 1. The van der Waals surface area contributed by atoms with Gasteiger partial charge in [0.1, 0.15) is 11.5 Å². The molecule has 1 aliphatic rings. The highest BCUT2D eigenvalue weighted by atomic mass is 19.1. The van der Waals surface area contributed by atoms with Crippen molar-refractivity contribution in [2.45, 2.75) is 57.4 Å². The van der Waals surface area contributed by atoms with Gasteiger partial charge in [0.2, 0.25) is 5.91 Å². The molecule has 2 aromatic heterocycles.